The lowest BCUT2D eigenvalue weighted by molar-refractivity contribution is -0.0127. The molecule has 4 saturated carbocycles. The van der Waals surface area contributed by atoms with Gasteiger partial charge in [-0.1, -0.05) is 0 Å². The SMILES string of the molecule is O=C(Nc1ccc(Oc2ccc(C(=O)O)cc2)cc1)NC12CC3CC(CC(C3)C1)C2. The van der Waals surface area contributed by atoms with Gasteiger partial charge in [0.25, 0.3) is 0 Å². The van der Waals surface area contributed by atoms with Crippen LogP contribution >= 0.6 is 0 Å². The summed E-state index contributed by atoms with van der Waals surface area (Å²) < 4.78 is 5.74. The van der Waals surface area contributed by atoms with Gasteiger partial charge < -0.3 is 20.5 Å². The van der Waals surface area contributed by atoms with Crippen LogP contribution < -0.4 is 15.4 Å². The molecule has 0 unspecified atom stereocenters. The molecule has 0 aromatic heterocycles. The maximum atomic E-state index is 12.7. The quantitative estimate of drug-likeness (QED) is 0.631. The topological polar surface area (TPSA) is 87.7 Å². The smallest absolute Gasteiger partial charge is 0.335 e. The third kappa shape index (κ3) is 3.86. The van der Waals surface area contributed by atoms with Gasteiger partial charge in [0.05, 0.1) is 5.56 Å². The van der Waals surface area contributed by atoms with Crippen LogP contribution in [0.4, 0.5) is 10.5 Å². The summed E-state index contributed by atoms with van der Waals surface area (Å²) >= 11 is 0. The van der Waals surface area contributed by atoms with Gasteiger partial charge in [-0.25, -0.2) is 9.59 Å². The number of nitrogens with one attached hydrogen (secondary N) is 2. The first kappa shape index (κ1) is 19.0. The lowest BCUT2D eigenvalue weighted by Gasteiger charge is -2.56. The molecule has 2 aromatic rings. The Labute approximate surface area is 175 Å². The van der Waals surface area contributed by atoms with E-state index in [1.807, 2.05) is 0 Å². The Hall–Kier alpha value is -3.02. The minimum absolute atomic E-state index is 0.00992. The molecule has 6 rings (SSSR count). The molecule has 4 aliphatic rings. The van der Waals surface area contributed by atoms with Crippen molar-refractivity contribution < 1.29 is 19.4 Å². The Kier molecular flexibility index (Phi) is 4.65. The molecule has 4 fully saturated rings. The summed E-state index contributed by atoms with van der Waals surface area (Å²) in [5.41, 5.74) is 0.919. The first-order valence-corrected chi connectivity index (χ1v) is 10.7. The van der Waals surface area contributed by atoms with E-state index in [4.69, 9.17) is 9.84 Å². The average molecular weight is 406 g/mol. The molecule has 0 aliphatic heterocycles. The second kappa shape index (κ2) is 7.35. The molecule has 0 heterocycles. The molecule has 0 radical (unpaired) electrons. The van der Waals surface area contributed by atoms with Crippen LogP contribution in [0.2, 0.25) is 0 Å². The molecule has 156 valence electrons. The fourth-order valence-corrected chi connectivity index (χ4v) is 6.07. The Bertz CT molecular complexity index is 917. The van der Waals surface area contributed by atoms with E-state index >= 15 is 0 Å². The minimum atomic E-state index is -0.969. The summed E-state index contributed by atoms with van der Waals surface area (Å²) in [5.74, 6) is 2.57. The van der Waals surface area contributed by atoms with Crippen LogP contribution in [0.5, 0.6) is 11.5 Å². The number of anilines is 1. The summed E-state index contributed by atoms with van der Waals surface area (Å²) in [6, 6.07) is 13.3. The summed E-state index contributed by atoms with van der Waals surface area (Å²) in [4.78, 5) is 23.6. The number of benzene rings is 2. The number of hydrogen-bond acceptors (Lipinski definition) is 3. The highest BCUT2D eigenvalue weighted by molar-refractivity contribution is 5.90. The van der Waals surface area contributed by atoms with E-state index < -0.39 is 5.97 Å². The fraction of sp³-hybridized carbons (Fsp3) is 0.417. The second-order valence-corrected chi connectivity index (χ2v) is 9.23. The number of hydrogen-bond donors (Lipinski definition) is 3. The second-order valence-electron chi connectivity index (χ2n) is 9.23. The van der Waals surface area contributed by atoms with Crippen molar-refractivity contribution in [2.24, 2.45) is 17.8 Å². The normalized spacial score (nSPS) is 28.7. The number of carboxylic acid groups (broad SMARTS) is 1. The highest BCUT2D eigenvalue weighted by Crippen LogP contribution is 2.55. The number of ether oxygens (including phenoxy) is 1. The third-order valence-electron chi connectivity index (χ3n) is 6.87. The van der Waals surface area contributed by atoms with Gasteiger partial charge in [-0.2, -0.15) is 0 Å². The van der Waals surface area contributed by atoms with Crippen molar-refractivity contribution in [2.75, 3.05) is 5.32 Å². The first-order valence-electron chi connectivity index (χ1n) is 10.7. The highest BCUT2D eigenvalue weighted by Gasteiger charge is 2.51. The van der Waals surface area contributed by atoms with Gasteiger partial charge in [0.1, 0.15) is 11.5 Å². The molecule has 6 nitrogen and oxygen atoms in total. The van der Waals surface area contributed by atoms with Crippen molar-refractivity contribution in [3.05, 3.63) is 54.1 Å². The maximum absolute atomic E-state index is 12.7. The Morgan fingerprint density at radius 1 is 0.833 bits per heavy atom. The van der Waals surface area contributed by atoms with E-state index in [1.165, 1.54) is 31.4 Å². The molecular formula is C24H26N2O4. The standard InChI is InChI=1S/C24H26N2O4/c27-22(28)18-1-5-20(6-2-18)30-21-7-3-19(4-8-21)25-23(29)26-24-12-15-9-16(13-24)11-17(10-15)14-24/h1-8,15-17H,9-14H2,(H,27,28)(H2,25,26,29). The van der Waals surface area contributed by atoms with E-state index in [1.54, 1.807) is 36.4 Å². The molecule has 0 saturated heterocycles. The van der Waals surface area contributed by atoms with Gasteiger partial charge in [0, 0.05) is 11.2 Å². The van der Waals surface area contributed by atoms with Gasteiger partial charge in [-0.3, -0.25) is 0 Å². The number of carbonyl (C=O) groups is 2. The monoisotopic (exact) mass is 406 g/mol. The van der Waals surface area contributed by atoms with E-state index in [0.717, 1.165) is 37.0 Å². The van der Waals surface area contributed by atoms with Crippen molar-refractivity contribution >= 4 is 17.7 Å². The largest absolute Gasteiger partial charge is 0.478 e. The zero-order valence-electron chi connectivity index (χ0n) is 16.8. The van der Waals surface area contributed by atoms with Crippen LogP contribution in [0.3, 0.4) is 0 Å². The van der Waals surface area contributed by atoms with Crippen LogP contribution in [0, 0.1) is 17.8 Å². The maximum Gasteiger partial charge on any atom is 0.335 e. The molecule has 0 atom stereocenters. The van der Waals surface area contributed by atoms with Crippen molar-refractivity contribution in [1.29, 1.82) is 0 Å². The molecule has 2 aromatic carbocycles. The summed E-state index contributed by atoms with van der Waals surface area (Å²) in [7, 11) is 0. The number of rotatable bonds is 5. The number of carboxylic acids is 1. The van der Waals surface area contributed by atoms with Gasteiger partial charge in [-0.05, 0) is 105 Å². The van der Waals surface area contributed by atoms with Crippen LogP contribution in [0.25, 0.3) is 0 Å². The van der Waals surface area contributed by atoms with Crippen LogP contribution in [0.15, 0.2) is 48.5 Å². The summed E-state index contributed by atoms with van der Waals surface area (Å²) in [5, 5.41) is 15.2. The number of urea groups is 1. The van der Waals surface area contributed by atoms with Crippen molar-refractivity contribution in [3.63, 3.8) is 0 Å². The Morgan fingerprint density at radius 2 is 1.33 bits per heavy atom. The molecule has 3 N–H and O–H groups in total. The molecule has 2 amide bonds. The molecule has 6 heteroatoms. The number of amides is 2. The van der Waals surface area contributed by atoms with Gasteiger partial charge in [0.15, 0.2) is 0 Å². The Balaban J connectivity index is 1.18. The van der Waals surface area contributed by atoms with Crippen molar-refractivity contribution in [1.82, 2.24) is 5.32 Å². The molecule has 4 aliphatic carbocycles. The molecular weight excluding hydrogens is 380 g/mol. The number of carbonyl (C=O) groups excluding carboxylic acids is 1. The van der Waals surface area contributed by atoms with Gasteiger partial charge in [-0.15, -0.1) is 0 Å². The van der Waals surface area contributed by atoms with Crippen molar-refractivity contribution in [2.45, 2.75) is 44.1 Å². The number of aromatic carboxylic acids is 1. The zero-order valence-corrected chi connectivity index (χ0v) is 16.8. The van der Waals surface area contributed by atoms with Crippen LogP contribution in [-0.2, 0) is 0 Å². The van der Waals surface area contributed by atoms with Gasteiger partial charge in [0.2, 0.25) is 0 Å². The van der Waals surface area contributed by atoms with Crippen LogP contribution in [-0.4, -0.2) is 22.6 Å². The predicted octanol–water partition coefficient (Wildman–Crippen LogP) is 5.27. The van der Waals surface area contributed by atoms with E-state index in [-0.39, 0.29) is 17.1 Å². The van der Waals surface area contributed by atoms with Gasteiger partial charge >= 0.3 is 12.0 Å². The minimum Gasteiger partial charge on any atom is -0.478 e. The first-order chi connectivity index (χ1) is 14.5. The highest BCUT2D eigenvalue weighted by atomic mass is 16.5. The van der Waals surface area contributed by atoms with Crippen molar-refractivity contribution in [3.8, 4) is 11.5 Å². The summed E-state index contributed by atoms with van der Waals surface area (Å²) in [6.45, 7) is 0. The lowest BCUT2D eigenvalue weighted by Crippen LogP contribution is -2.60. The Morgan fingerprint density at radius 3 is 1.83 bits per heavy atom. The van der Waals surface area contributed by atoms with E-state index in [9.17, 15) is 9.59 Å². The molecule has 30 heavy (non-hydrogen) atoms. The zero-order chi connectivity index (χ0) is 20.7. The van der Waals surface area contributed by atoms with E-state index in [0.29, 0.717) is 17.2 Å². The van der Waals surface area contributed by atoms with Crippen LogP contribution in [0.1, 0.15) is 48.9 Å². The molecule has 0 spiro atoms. The lowest BCUT2D eigenvalue weighted by atomic mass is 9.53. The summed E-state index contributed by atoms with van der Waals surface area (Å²) in [6.07, 6.45) is 7.43. The van der Waals surface area contributed by atoms with E-state index in [2.05, 4.69) is 10.6 Å². The fourth-order valence-electron chi connectivity index (χ4n) is 6.07. The predicted molar refractivity (Wildman–Crippen MR) is 113 cm³/mol. The molecule has 4 bridgehead atoms. The average Bonchev–Trinajstić information content (AvgIpc) is 2.68. The third-order valence-corrected chi connectivity index (χ3v) is 6.87.